The Balaban J connectivity index is 1.69. The van der Waals surface area contributed by atoms with E-state index >= 15 is 0 Å². The van der Waals surface area contributed by atoms with Crippen molar-refractivity contribution in [2.75, 3.05) is 44.7 Å². The molecule has 1 unspecified atom stereocenters. The number of hydrogen-bond donors (Lipinski definition) is 2. The smallest absolute Gasteiger partial charge is 0.239 e. The van der Waals surface area contributed by atoms with Gasteiger partial charge in [0, 0.05) is 32.0 Å². The van der Waals surface area contributed by atoms with Crippen molar-refractivity contribution in [3.63, 3.8) is 0 Å². The monoisotopic (exact) mass is 279 g/mol. The highest BCUT2D eigenvalue weighted by Gasteiger charge is 2.27. The molecule has 0 spiro atoms. The lowest BCUT2D eigenvalue weighted by Gasteiger charge is -2.33. The number of morpholine rings is 1. The molecule has 2 N–H and O–H groups in total. The van der Waals surface area contributed by atoms with E-state index in [1.54, 1.807) is 18.6 Å². The molecule has 0 saturated carbocycles. The molecule has 1 aromatic heterocycles. The lowest BCUT2D eigenvalue weighted by Crippen LogP contribution is -2.54. The Bertz CT molecular complexity index is 414. The van der Waals surface area contributed by atoms with Crippen LogP contribution in [0.1, 0.15) is 6.92 Å². The minimum absolute atomic E-state index is 0.0208. The zero-order valence-electron chi connectivity index (χ0n) is 11.7. The van der Waals surface area contributed by atoms with E-state index in [-0.39, 0.29) is 11.9 Å². The highest BCUT2D eigenvalue weighted by Crippen LogP contribution is 2.06. The molecule has 0 aromatic carbocycles. The van der Waals surface area contributed by atoms with Crippen molar-refractivity contribution < 1.29 is 9.53 Å². The van der Waals surface area contributed by atoms with Crippen LogP contribution >= 0.6 is 0 Å². The molecule has 1 aliphatic rings. The van der Waals surface area contributed by atoms with Gasteiger partial charge in [-0.2, -0.15) is 0 Å². The van der Waals surface area contributed by atoms with Gasteiger partial charge in [0.25, 0.3) is 0 Å². The first kappa shape index (κ1) is 14.7. The summed E-state index contributed by atoms with van der Waals surface area (Å²) in [5.41, 5.74) is 0. The molecule has 0 aliphatic carbocycles. The summed E-state index contributed by atoms with van der Waals surface area (Å²) in [6, 6.07) is -0.176. The number of nitrogens with zero attached hydrogens (tertiary/aromatic N) is 3. The van der Waals surface area contributed by atoms with E-state index in [9.17, 15) is 4.79 Å². The van der Waals surface area contributed by atoms with Crippen LogP contribution in [0.25, 0.3) is 0 Å². The van der Waals surface area contributed by atoms with Crippen LogP contribution in [-0.4, -0.2) is 66.2 Å². The number of amides is 1. The highest BCUT2D eigenvalue weighted by atomic mass is 16.5. The molecule has 1 aromatic rings. The van der Waals surface area contributed by atoms with Crippen molar-refractivity contribution in [1.29, 1.82) is 0 Å². The zero-order chi connectivity index (χ0) is 14.2. The summed E-state index contributed by atoms with van der Waals surface area (Å²) in [6.07, 6.45) is 4.89. The van der Waals surface area contributed by atoms with Crippen LogP contribution < -0.4 is 10.6 Å². The summed E-state index contributed by atoms with van der Waals surface area (Å²) in [4.78, 5) is 22.3. The third-order valence-corrected chi connectivity index (χ3v) is 3.24. The second kappa shape index (κ2) is 7.76. The van der Waals surface area contributed by atoms with Gasteiger partial charge >= 0.3 is 0 Å². The van der Waals surface area contributed by atoms with Gasteiger partial charge in [-0.05, 0) is 6.54 Å². The largest absolute Gasteiger partial charge is 0.378 e. The van der Waals surface area contributed by atoms with Gasteiger partial charge in [0.05, 0.1) is 19.4 Å². The van der Waals surface area contributed by atoms with E-state index in [2.05, 4.69) is 32.4 Å². The topological polar surface area (TPSA) is 79.4 Å². The number of ether oxygens (including phenoxy) is 1. The molecule has 1 amide bonds. The number of aromatic nitrogens is 2. The van der Waals surface area contributed by atoms with Crippen LogP contribution in [0.2, 0.25) is 0 Å². The van der Waals surface area contributed by atoms with Crippen molar-refractivity contribution in [3.8, 4) is 0 Å². The second-order valence-electron chi connectivity index (χ2n) is 4.53. The van der Waals surface area contributed by atoms with E-state index in [0.29, 0.717) is 32.1 Å². The summed E-state index contributed by atoms with van der Waals surface area (Å²) in [5.74, 6) is 0.727. The molecule has 110 valence electrons. The average Bonchev–Trinajstić information content (AvgIpc) is 2.52. The fraction of sp³-hybridized carbons (Fsp3) is 0.615. The normalized spacial score (nSPS) is 19.6. The molecule has 1 atom stereocenters. The molecule has 1 fully saturated rings. The summed E-state index contributed by atoms with van der Waals surface area (Å²) in [6.45, 7) is 6.06. The van der Waals surface area contributed by atoms with Crippen molar-refractivity contribution in [3.05, 3.63) is 18.6 Å². The molecule has 2 rings (SSSR count). The second-order valence-corrected chi connectivity index (χ2v) is 4.53. The Hall–Kier alpha value is -1.73. The summed E-state index contributed by atoms with van der Waals surface area (Å²) < 4.78 is 5.37. The quantitative estimate of drug-likeness (QED) is 0.698. The number of carbonyl (C=O) groups excluding carboxylic acids is 1. The van der Waals surface area contributed by atoms with Crippen LogP contribution in [0.15, 0.2) is 18.6 Å². The third kappa shape index (κ3) is 4.14. The molecule has 2 heterocycles. The van der Waals surface area contributed by atoms with Gasteiger partial charge in [-0.25, -0.2) is 4.98 Å². The Kier molecular flexibility index (Phi) is 5.69. The first-order chi connectivity index (χ1) is 9.81. The first-order valence-corrected chi connectivity index (χ1v) is 6.90. The average molecular weight is 279 g/mol. The van der Waals surface area contributed by atoms with Gasteiger partial charge in [-0.1, -0.05) is 6.92 Å². The SMILES string of the molecule is CCN1CCOCC1C(=O)NCCNc1cnccn1. The molecule has 7 heteroatoms. The van der Waals surface area contributed by atoms with E-state index in [1.807, 2.05) is 0 Å². The van der Waals surface area contributed by atoms with Gasteiger partial charge in [-0.15, -0.1) is 0 Å². The van der Waals surface area contributed by atoms with E-state index in [0.717, 1.165) is 13.1 Å². The van der Waals surface area contributed by atoms with Gasteiger partial charge in [0.2, 0.25) is 5.91 Å². The lowest BCUT2D eigenvalue weighted by molar-refractivity contribution is -0.132. The first-order valence-electron chi connectivity index (χ1n) is 6.90. The predicted octanol–water partition coefficient (Wildman–Crippen LogP) is -0.275. The molecule has 7 nitrogen and oxygen atoms in total. The molecular weight excluding hydrogens is 258 g/mol. The van der Waals surface area contributed by atoms with Gasteiger partial charge in [-0.3, -0.25) is 14.7 Å². The number of nitrogens with one attached hydrogen (secondary N) is 2. The lowest BCUT2D eigenvalue weighted by atomic mass is 10.2. The fourth-order valence-electron chi connectivity index (χ4n) is 2.14. The maximum atomic E-state index is 12.1. The maximum absolute atomic E-state index is 12.1. The zero-order valence-corrected chi connectivity index (χ0v) is 11.7. The van der Waals surface area contributed by atoms with Crippen LogP contribution in [-0.2, 0) is 9.53 Å². The van der Waals surface area contributed by atoms with Crippen LogP contribution in [0, 0.1) is 0 Å². The summed E-state index contributed by atoms with van der Waals surface area (Å²) >= 11 is 0. The van der Waals surface area contributed by atoms with Crippen molar-refractivity contribution in [2.45, 2.75) is 13.0 Å². The number of likely N-dealkylation sites (N-methyl/N-ethyl adjacent to an activating group) is 1. The van der Waals surface area contributed by atoms with Gasteiger partial charge in [0.15, 0.2) is 0 Å². The summed E-state index contributed by atoms with van der Waals surface area (Å²) in [7, 11) is 0. The Morgan fingerprint density at radius 1 is 1.50 bits per heavy atom. The van der Waals surface area contributed by atoms with E-state index in [4.69, 9.17) is 4.74 Å². The van der Waals surface area contributed by atoms with Crippen LogP contribution in [0.4, 0.5) is 5.82 Å². The standard InChI is InChI=1S/C13H21N5O2/c1-2-18-7-8-20-10-11(18)13(19)17-6-5-16-12-9-14-3-4-15-12/h3-4,9,11H,2,5-8,10H2,1H3,(H,15,16)(H,17,19). The maximum Gasteiger partial charge on any atom is 0.239 e. The number of hydrogen-bond acceptors (Lipinski definition) is 6. The van der Waals surface area contributed by atoms with Crippen LogP contribution in [0.3, 0.4) is 0 Å². The summed E-state index contributed by atoms with van der Waals surface area (Å²) in [5, 5.41) is 6.01. The Morgan fingerprint density at radius 3 is 3.15 bits per heavy atom. The molecule has 20 heavy (non-hydrogen) atoms. The molecule has 0 radical (unpaired) electrons. The Labute approximate surface area is 118 Å². The number of carbonyl (C=O) groups is 1. The third-order valence-electron chi connectivity index (χ3n) is 3.24. The molecular formula is C13H21N5O2. The molecule has 1 aliphatic heterocycles. The number of rotatable bonds is 6. The van der Waals surface area contributed by atoms with E-state index in [1.165, 1.54) is 0 Å². The van der Waals surface area contributed by atoms with Crippen molar-refractivity contribution in [1.82, 2.24) is 20.2 Å². The Morgan fingerprint density at radius 2 is 2.40 bits per heavy atom. The minimum Gasteiger partial charge on any atom is -0.378 e. The highest BCUT2D eigenvalue weighted by molar-refractivity contribution is 5.82. The predicted molar refractivity (Wildman–Crippen MR) is 75.4 cm³/mol. The fourth-order valence-corrected chi connectivity index (χ4v) is 2.14. The van der Waals surface area contributed by atoms with Crippen LogP contribution in [0.5, 0.6) is 0 Å². The van der Waals surface area contributed by atoms with Gasteiger partial charge < -0.3 is 15.4 Å². The van der Waals surface area contributed by atoms with E-state index < -0.39 is 0 Å². The van der Waals surface area contributed by atoms with Crippen molar-refractivity contribution >= 4 is 11.7 Å². The molecule has 1 saturated heterocycles. The minimum atomic E-state index is -0.176. The molecule has 0 bridgehead atoms. The van der Waals surface area contributed by atoms with Gasteiger partial charge in [0.1, 0.15) is 11.9 Å². The van der Waals surface area contributed by atoms with Crippen molar-refractivity contribution in [2.24, 2.45) is 0 Å². The number of anilines is 1.